The molecule has 0 saturated carbocycles. The number of carbonyl (C=O) groups excluding carboxylic acids is 1. The molecular weight excluding hydrogens is 351 g/mol. The highest BCUT2D eigenvalue weighted by Crippen LogP contribution is 2.38. The highest BCUT2D eigenvalue weighted by Gasteiger charge is 2.53. The molecule has 1 amide bonds. The first kappa shape index (κ1) is 18.0. The zero-order valence-electron chi connectivity index (χ0n) is 13.6. The maximum Gasteiger partial charge on any atom is 0.394 e. The number of carbonyl (C=O) groups is 2. The molecule has 0 spiro atoms. The van der Waals surface area contributed by atoms with Crippen LogP contribution in [0.15, 0.2) is 42.7 Å². The van der Waals surface area contributed by atoms with Crippen LogP contribution in [0.5, 0.6) is 0 Å². The monoisotopic (exact) mass is 367 g/mol. The fourth-order valence-electron chi connectivity index (χ4n) is 3.16. The van der Waals surface area contributed by atoms with Gasteiger partial charge < -0.3 is 10.0 Å². The molecule has 1 aromatic heterocycles. The first-order valence-corrected chi connectivity index (χ1v) is 7.91. The lowest BCUT2D eigenvalue weighted by Crippen LogP contribution is -2.34. The number of likely N-dealkylation sites (tertiary alicyclic amines) is 1. The van der Waals surface area contributed by atoms with Crippen molar-refractivity contribution in [3.63, 3.8) is 0 Å². The summed E-state index contributed by atoms with van der Waals surface area (Å²) in [4.78, 5) is 24.9. The van der Waals surface area contributed by atoms with Crippen molar-refractivity contribution in [2.75, 3.05) is 13.1 Å². The Balaban J connectivity index is 1.85. The summed E-state index contributed by atoms with van der Waals surface area (Å²) in [6.45, 7) is -0.836. The maximum absolute atomic E-state index is 13.1. The minimum Gasteiger partial charge on any atom is -0.481 e. The Morgan fingerprint density at radius 1 is 1.19 bits per heavy atom. The molecule has 0 radical (unpaired) electrons. The molecule has 1 aliphatic heterocycles. The van der Waals surface area contributed by atoms with Gasteiger partial charge in [-0.25, -0.2) is 0 Å². The van der Waals surface area contributed by atoms with Gasteiger partial charge in [0.2, 0.25) is 0 Å². The van der Waals surface area contributed by atoms with Crippen molar-refractivity contribution in [2.24, 2.45) is 11.8 Å². The molecule has 1 N–H and O–H groups in total. The van der Waals surface area contributed by atoms with E-state index in [0.717, 1.165) is 4.90 Å². The lowest BCUT2D eigenvalue weighted by atomic mass is 9.96. The van der Waals surface area contributed by atoms with E-state index in [4.69, 9.17) is 5.11 Å². The molecule has 2 heterocycles. The second-order valence-electron chi connectivity index (χ2n) is 6.16. The van der Waals surface area contributed by atoms with E-state index < -0.39 is 43.0 Å². The number of aromatic nitrogens is 2. The Kier molecular flexibility index (Phi) is 4.71. The molecule has 1 aromatic carbocycles. The summed E-state index contributed by atoms with van der Waals surface area (Å²) in [5, 5.41) is 13.1. The van der Waals surface area contributed by atoms with Crippen LogP contribution in [-0.4, -0.2) is 50.9 Å². The minimum atomic E-state index is -4.67. The van der Waals surface area contributed by atoms with Crippen molar-refractivity contribution < 1.29 is 27.9 Å². The molecule has 26 heavy (non-hydrogen) atoms. The van der Waals surface area contributed by atoms with Gasteiger partial charge in [0.1, 0.15) is 0 Å². The van der Waals surface area contributed by atoms with E-state index >= 15 is 0 Å². The molecule has 3 rings (SSSR count). The number of hydrogen-bond donors (Lipinski definition) is 1. The van der Waals surface area contributed by atoms with Crippen molar-refractivity contribution in [3.05, 3.63) is 53.9 Å². The number of alkyl halides is 3. The van der Waals surface area contributed by atoms with Gasteiger partial charge >= 0.3 is 12.1 Å². The Morgan fingerprint density at radius 2 is 1.92 bits per heavy atom. The number of halogens is 3. The summed E-state index contributed by atoms with van der Waals surface area (Å²) >= 11 is 0. The molecule has 1 aliphatic rings. The van der Waals surface area contributed by atoms with Crippen LogP contribution in [0.4, 0.5) is 13.2 Å². The van der Waals surface area contributed by atoms with Crippen LogP contribution in [0.3, 0.4) is 0 Å². The van der Waals surface area contributed by atoms with Gasteiger partial charge in [0.25, 0.3) is 5.91 Å². The molecule has 0 unspecified atom stereocenters. The van der Waals surface area contributed by atoms with E-state index in [0.29, 0.717) is 5.56 Å². The Labute approximate surface area is 146 Å². The molecule has 0 aliphatic carbocycles. The quantitative estimate of drug-likeness (QED) is 0.900. The predicted octanol–water partition coefficient (Wildman–Crippen LogP) is 2.27. The molecule has 2 atom stereocenters. The van der Waals surface area contributed by atoms with Gasteiger partial charge in [-0.05, 0) is 17.7 Å². The van der Waals surface area contributed by atoms with E-state index in [2.05, 4.69) is 5.10 Å². The average Bonchev–Trinajstić information content (AvgIpc) is 3.23. The molecule has 2 aromatic rings. The third-order valence-electron chi connectivity index (χ3n) is 4.48. The standard InChI is InChI=1S/C17H16F3N3O3/c18-17(19,20)14-10-22(9-13(14)16(25)26)15(24)12-5-2-1-4-11(12)8-23-7-3-6-21-23/h1-7,13-14H,8-10H2,(H,25,26)/t13-,14-/m1/s1. The summed E-state index contributed by atoms with van der Waals surface area (Å²) in [7, 11) is 0. The first-order valence-electron chi connectivity index (χ1n) is 7.91. The summed E-state index contributed by atoms with van der Waals surface area (Å²) in [5.74, 6) is -5.88. The number of rotatable bonds is 4. The summed E-state index contributed by atoms with van der Waals surface area (Å²) in [6, 6.07) is 8.28. The van der Waals surface area contributed by atoms with Crippen LogP contribution in [0, 0.1) is 11.8 Å². The highest BCUT2D eigenvalue weighted by atomic mass is 19.4. The van der Waals surface area contributed by atoms with E-state index in [1.807, 2.05) is 0 Å². The fraction of sp³-hybridized carbons (Fsp3) is 0.353. The fourth-order valence-corrected chi connectivity index (χ4v) is 3.16. The molecule has 9 heteroatoms. The van der Waals surface area contributed by atoms with Crippen LogP contribution in [0.25, 0.3) is 0 Å². The number of carboxylic acids is 1. The zero-order chi connectivity index (χ0) is 18.9. The predicted molar refractivity (Wildman–Crippen MR) is 84.3 cm³/mol. The average molecular weight is 367 g/mol. The molecule has 138 valence electrons. The molecule has 1 fully saturated rings. The van der Waals surface area contributed by atoms with E-state index in [1.165, 1.54) is 6.07 Å². The van der Waals surface area contributed by atoms with Gasteiger partial charge in [-0.2, -0.15) is 18.3 Å². The SMILES string of the molecule is O=C(O)[C@@H]1CN(C(=O)c2ccccc2Cn2cccn2)C[C@H]1C(F)(F)F. The van der Waals surface area contributed by atoms with Crippen molar-refractivity contribution in [1.82, 2.24) is 14.7 Å². The third-order valence-corrected chi connectivity index (χ3v) is 4.48. The Morgan fingerprint density at radius 3 is 2.50 bits per heavy atom. The number of amides is 1. The van der Waals surface area contributed by atoms with E-state index in [9.17, 15) is 22.8 Å². The lowest BCUT2D eigenvalue weighted by molar-refractivity contribution is -0.187. The number of aliphatic carboxylic acids is 1. The topological polar surface area (TPSA) is 75.4 Å². The number of nitrogens with zero attached hydrogens (tertiary/aromatic N) is 3. The van der Waals surface area contributed by atoms with Crippen LogP contribution in [0.2, 0.25) is 0 Å². The van der Waals surface area contributed by atoms with E-state index in [1.54, 1.807) is 41.3 Å². The van der Waals surface area contributed by atoms with Crippen molar-refractivity contribution >= 4 is 11.9 Å². The highest BCUT2D eigenvalue weighted by molar-refractivity contribution is 5.96. The van der Waals surface area contributed by atoms with Crippen LogP contribution >= 0.6 is 0 Å². The van der Waals surface area contributed by atoms with Gasteiger partial charge in [-0.1, -0.05) is 18.2 Å². The number of hydrogen-bond acceptors (Lipinski definition) is 3. The molecule has 6 nitrogen and oxygen atoms in total. The Hall–Kier alpha value is -2.84. The largest absolute Gasteiger partial charge is 0.481 e. The minimum absolute atomic E-state index is 0.245. The number of carboxylic acid groups (broad SMARTS) is 1. The van der Waals surface area contributed by atoms with Gasteiger partial charge in [0.05, 0.1) is 18.4 Å². The smallest absolute Gasteiger partial charge is 0.394 e. The van der Waals surface area contributed by atoms with Gasteiger partial charge in [0, 0.05) is 31.0 Å². The van der Waals surface area contributed by atoms with Gasteiger partial charge in [-0.15, -0.1) is 0 Å². The molecule has 1 saturated heterocycles. The van der Waals surface area contributed by atoms with Crippen LogP contribution < -0.4 is 0 Å². The maximum atomic E-state index is 13.1. The Bertz CT molecular complexity index is 805. The van der Waals surface area contributed by atoms with Crippen LogP contribution in [0.1, 0.15) is 15.9 Å². The van der Waals surface area contributed by atoms with Gasteiger partial charge in [-0.3, -0.25) is 14.3 Å². The lowest BCUT2D eigenvalue weighted by Gasteiger charge is -2.19. The number of benzene rings is 1. The summed E-state index contributed by atoms with van der Waals surface area (Å²) in [6.07, 6.45) is -1.39. The molecule has 0 bridgehead atoms. The molecular formula is C17H16F3N3O3. The van der Waals surface area contributed by atoms with Crippen molar-refractivity contribution in [1.29, 1.82) is 0 Å². The second kappa shape index (κ2) is 6.81. The summed E-state index contributed by atoms with van der Waals surface area (Å²) < 4.78 is 41.0. The third kappa shape index (κ3) is 3.56. The van der Waals surface area contributed by atoms with Crippen LogP contribution in [-0.2, 0) is 11.3 Å². The van der Waals surface area contributed by atoms with Gasteiger partial charge in [0.15, 0.2) is 0 Å². The van der Waals surface area contributed by atoms with E-state index in [-0.39, 0.29) is 12.1 Å². The zero-order valence-corrected chi connectivity index (χ0v) is 13.6. The first-order chi connectivity index (χ1) is 12.3. The normalized spacial score (nSPS) is 20.3. The summed E-state index contributed by atoms with van der Waals surface area (Å²) in [5.41, 5.74) is 0.846. The second-order valence-corrected chi connectivity index (χ2v) is 6.16. The van der Waals surface area contributed by atoms with Crippen molar-refractivity contribution in [3.8, 4) is 0 Å². The van der Waals surface area contributed by atoms with Crippen molar-refractivity contribution in [2.45, 2.75) is 12.7 Å².